The molecule has 8 heteroatoms. The minimum Gasteiger partial charge on any atom is -0.351 e. The number of aromatic nitrogens is 2. The van der Waals surface area contributed by atoms with E-state index < -0.39 is 0 Å². The zero-order valence-electron chi connectivity index (χ0n) is 16.3. The van der Waals surface area contributed by atoms with E-state index in [1.807, 2.05) is 25.9 Å². The molecule has 2 aromatic rings. The lowest BCUT2D eigenvalue weighted by molar-refractivity contribution is 0.0955. The quantitative estimate of drug-likeness (QED) is 0.650. The first-order chi connectivity index (χ1) is 12.4. The molecule has 0 aliphatic rings. The van der Waals surface area contributed by atoms with Crippen LogP contribution in [0.2, 0.25) is 0 Å². The van der Waals surface area contributed by atoms with Crippen LogP contribution in [0.4, 0.5) is 0 Å². The Kier molecular flexibility index (Phi) is 7.31. The van der Waals surface area contributed by atoms with Crippen LogP contribution in [0.5, 0.6) is 0 Å². The molecule has 0 fully saturated rings. The van der Waals surface area contributed by atoms with Crippen LogP contribution in [0.1, 0.15) is 41.3 Å². The highest BCUT2D eigenvalue weighted by molar-refractivity contribution is 7.20. The molecule has 1 amide bonds. The molecule has 0 spiro atoms. The lowest BCUT2D eigenvalue weighted by atomic mass is 10.2. The first-order valence-electron chi connectivity index (χ1n) is 9.04. The van der Waals surface area contributed by atoms with Crippen molar-refractivity contribution in [3.05, 3.63) is 26.6 Å². The van der Waals surface area contributed by atoms with Gasteiger partial charge >= 0.3 is 0 Å². The molecule has 0 saturated carbocycles. The summed E-state index contributed by atoms with van der Waals surface area (Å²) in [5.41, 5.74) is 0.526. The van der Waals surface area contributed by atoms with Gasteiger partial charge in [0, 0.05) is 6.54 Å². The molecule has 2 N–H and O–H groups in total. The van der Waals surface area contributed by atoms with Gasteiger partial charge in [-0.3, -0.25) is 9.59 Å². The van der Waals surface area contributed by atoms with E-state index in [4.69, 9.17) is 0 Å². The van der Waals surface area contributed by atoms with E-state index in [1.54, 1.807) is 0 Å². The standard InChI is InChI=1S/C18H29N5O2S/c1-6-23(7-2)10-8-9-19-17(25)15-12(3)14-16(24)20-13(11-22(4)5)21-18(14)26-15/h6-11H2,1-5H3,(H,19,25)(H,20,21,24). The van der Waals surface area contributed by atoms with Gasteiger partial charge in [0.2, 0.25) is 0 Å². The number of nitrogens with one attached hydrogen (secondary N) is 2. The highest BCUT2D eigenvalue weighted by Gasteiger charge is 2.19. The molecule has 0 aliphatic heterocycles. The van der Waals surface area contributed by atoms with Crippen molar-refractivity contribution in [2.24, 2.45) is 0 Å². The lowest BCUT2D eigenvalue weighted by Crippen LogP contribution is -2.29. The maximum Gasteiger partial charge on any atom is 0.261 e. The second-order valence-corrected chi connectivity index (χ2v) is 7.62. The molecule has 7 nitrogen and oxygen atoms in total. The van der Waals surface area contributed by atoms with Crippen molar-refractivity contribution in [1.82, 2.24) is 25.1 Å². The number of hydrogen-bond donors (Lipinski definition) is 2. The Morgan fingerprint density at radius 2 is 1.96 bits per heavy atom. The van der Waals surface area contributed by atoms with Gasteiger partial charge in [0.1, 0.15) is 10.7 Å². The van der Waals surface area contributed by atoms with Gasteiger partial charge < -0.3 is 20.1 Å². The normalized spacial score (nSPS) is 11.7. The zero-order chi connectivity index (χ0) is 19.3. The first-order valence-corrected chi connectivity index (χ1v) is 9.86. The summed E-state index contributed by atoms with van der Waals surface area (Å²) in [6, 6.07) is 0. The average molecular weight is 380 g/mol. The van der Waals surface area contributed by atoms with E-state index in [1.165, 1.54) is 11.3 Å². The summed E-state index contributed by atoms with van der Waals surface area (Å²) in [4.78, 5) is 37.7. The molecular weight excluding hydrogens is 350 g/mol. The Labute approximate surface area is 158 Å². The molecule has 2 heterocycles. The number of thiophene rings is 1. The molecule has 144 valence electrons. The van der Waals surface area contributed by atoms with Crippen LogP contribution in [0.15, 0.2) is 4.79 Å². The molecule has 2 rings (SSSR count). The first kappa shape index (κ1) is 20.5. The second-order valence-electron chi connectivity index (χ2n) is 6.62. The highest BCUT2D eigenvalue weighted by Crippen LogP contribution is 2.26. The molecule has 0 aromatic carbocycles. The summed E-state index contributed by atoms with van der Waals surface area (Å²) in [7, 11) is 3.84. The number of fused-ring (bicyclic) bond motifs is 1. The number of nitrogens with zero attached hydrogens (tertiary/aromatic N) is 3. The predicted molar refractivity (Wildman–Crippen MR) is 107 cm³/mol. The van der Waals surface area contributed by atoms with Gasteiger partial charge in [-0.1, -0.05) is 13.8 Å². The molecule has 0 bridgehead atoms. The van der Waals surface area contributed by atoms with Crippen LogP contribution in [0, 0.1) is 6.92 Å². The average Bonchev–Trinajstić information content (AvgIpc) is 2.91. The molecule has 0 radical (unpaired) electrons. The SMILES string of the molecule is CCN(CC)CCCNC(=O)c1sc2nc(CN(C)C)[nH]c(=O)c2c1C. The third kappa shape index (κ3) is 4.90. The Bertz CT molecular complexity index is 808. The summed E-state index contributed by atoms with van der Waals surface area (Å²) < 4.78 is 0. The minimum atomic E-state index is -0.179. The summed E-state index contributed by atoms with van der Waals surface area (Å²) in [5, 5.41) is 3.49. The van der Waals surface area contributed by atoms with Gasteiger partial charge in [-0.25, -0.2) is 4.98 Å². The van der Waals surface area contributed by atoms with Crippen LogP contribution < -0.4 is 10.9 Å². The van der Waals surface area contributed by atoms with E-state index in [0.717, 1.165) is 26.1 Å². The molecule has 2 aromatic heterocycles. The molecule has 26 heavy (non-hydrogen) atoms. The maximum atomic E-state index is 12.5. The van der Waals surface area contributed by atoms with E-state index >= 15 is 0 Å². The molecule has 0 atom stereocenters. The number of carbonyl (C=O) groups excluding carboxylic acids is 1. The van der Waals surface area contributed by atoms with Gasteiger partial charge in [-0.15, -0.1) is 11.3 Å². The van der Waals surface area contributed by atoms with Crippen molar-refractivity contribution < 1.29 is 4.79 Å². The Hall–Kier alpha value is -1.77. The van der Waals surface area contributed by atoms with Gasteiger partial charge in [-0.05, 0) is 52.6 Å². The molecular formula is C18H29N5O2S. The lowest BCUT2D eigenvalue weighted by Gasteiger charge is -2.17. The van der Waals surface area contributed by atoms with Crippen LogP contribution in [0.3, 0.4) is 0 Å². The molecule has 0 unspecified atom stereocenters. The van der Waals surface area contributed by atoms with Crippen molar-refractivity contribution in [2.75, 3.05) is 40.3 Å². The number of hydrogen-bond acceptors (Lipinski definition) is 6. The smallest absolute Gasteiger partial charge is 0.261 e. The minimum absolute atomic E-state index is 0.126. The summed E-state index contributed by atoms with van der Waals surface area (Å²) in [6.07, 6.45) is 0.906. The fraction of sp³-hybridized carbons (Fsp3) is 0.611. The number of aromatic amines is 1. The largest absolute Gasteiger partial charge is 0.351 e. The van der Waals surface area contributed by atoms with E-state index in [0.29, 0.717) is 39.6 Å². The summed E-state index contributed by atoms with van der Waals surface area (Å²) >= 11 is 1.29. The van der Waals surface area contributed by atoms with Crippen molar-refractivity contribution in [3.63, 3.8) is 0 Å². The Morgan fingerprint density at radius 3 is 2.58 bits per heavy atom. The number of carbonyl (C=O) groups is 1. The number of aryl methyl sites for hydroxylation is 1. The van der Waals surface area contributed by atoms with Crippen LogP contribution >= 0.6 is 11.3 Å². The van der Waals surface area contributed by atoms with Crippen molar-refractivity contribution in [2.45, 2.75) is 33.7 Å². The number of amides is 1. The predicted octanol–water partition coefficient (Wildman–Crippen LogP) is 1.82. The Morgan fingerprint density at radius 1 is 1.27 bits per heavy atom. The fourth-order valence-corrected chi connectivity index (χ4v) is 4.02. The van der Waals surface area contributed by atoms with Gasteiger partial charge in [-0.2, -0.15) is 0 Å². The van der Waals surface area contributed by atoms with E-state index in [-0.39, 0.29) is 11.5 Å². The summed E-state index contributed by atoms with van der Waals surface area (Å²) in [5.74, 6) is 0.485. The van der Waals surface area contributed by atoms with Gasteiger partial charge in [0.25, 0.3) is 11.5 Å². The highest BCUT2D eigenvalue weighted by atomic mass is 32.1. The topological polar surface area (TPSA) is 81.3 Å². The molecule has 0 aliphatic carbocycles. The van der Waals surface area contributed by atoms with E-state index in [2.05, 4.69) is 34.0 Å². The van der Waals surface area contributed by atoms with Gasteiger partial charge in [0.15, 0.2) is 0 Å². The van der Waals surface area contributed by atoms with Crippen molar-refractivity contribution in [1.29, 1.82) is 0 Å². The molecule has 0 saturated heterocycles. The van der Waals surface area contributed by atoms with Crippen LogP contribution in [-0.4, -0.2) is 65.9 Å². The summed E-state index contributed by atoms with van der Waals surface area (Å²) in [6.45, 7) is 10.3. The maximum absolute atomic E-state index is 12.5. The fourth-order valence-electron chi connectivity index (χ4n) is 2.90. The van der Waals surface area contributed by atoms with Crippen molar-refractivity contribution in [3.8, 4) is 0 Å². The third-order valence-corrected chi connectivity index (χ3v) is 5.54. The van der Waals surface area contributed by atoms with Crippen LogP contribution in [-0.2, 0) is 6.54 Å². The zero-order valence-corrected chi connectivity index (χ0v) is 17.1. The van der Waals surface area contributed by atoms with Crippen molar-refractivity contribution >= 4 is 27.5 Å². The monoisotopic (exact) mass is 379 g/mol. The third-order valence-electron chi connectivity index (χ3n) is 4.35. The van der Waals surface area contributed by atoms with Gasteiger partial charge in [0.05, 0.1) is 16.8 Å². The van der Waals surface area contributed by atoms with E-state index in [9.17, 15) is 9.59 Å². The van der Waals surface area contributed by atoms with Crippen LogP contribution in [0.25, 0.3) is 10.2 Å². The number of H-pyrrole nitrogens is 1. The number of rotatable bonds is 9. The second kappa shape index (κ2) is 9.25. The Balaban J connectivity index is 2.11.